The van der Waals surface area contributed by atoms with Gasteiger partial charge in [0.25, 0.3) is 15.9 Å². The average molecular weight is 422 g/mol. The van der Waals surface area contributed by atoms with Gasteiger partial charge < -0.3 is 5.32 Å². The molecule has 6 nitrogen and oxygen atoms in total. The fraction of sp³-hybridized carbons (Fsp3) is 0.217. The molecule has 30 heavy (non-hydrogen) atoms. The Kier molecular flexibility index (Phi) is 5.55. The summed E-state index contributed by atoms with van der Waals surface area (Å²) in [4.78, 5) is 17.1. The second-order valence-electron chi connectivity index (χ2n) is 7.29. The molecule has 1 aromatic heterocycles. The molecule has 1 unspecified atom stereocenters. The summed E-state index contributed by atoms with van der Waals surface area (Å²) in [5.41, 5.74) is 2.76. The Hall–Kier alpha value is -3.19. The van der Waals surface area contributed by atoms with E-state index >= 15 is 0 Å². The zero-order valence-corrected chi connectivity index (χ0v) is 17.5. The van der Waals surface area contributed by atoms with Crippen LogP contribution in [0.3, 0.4) is 0 Å². The van der Waals surface area contributed by atoms with E-state index in [9.17, 15) is 13.2 Å². The molecule has 3 aromatic rings. The zero-order chi connectivity index (χ0) is 21.1. The van der Waals surface area contributed by atoms with Crippen molar-refractivity contribution in [3.8, 4) is 0 Å². The highest BCUT2D eigenvalue weighted by Crippen LogP contribution is 2.32. The molecule has 0 radical (unpaired) electrons. The SMILES string of the molecule is CC(NC(=O)c1cccc(S(=O)(=O)N2CCCc3ccccc32)c1)c1ccccn1. The molecular weight excluding hydrogens is 398 g/mol. The van der Waals surface area contributed by atoms with Gasteiger partial charge in [-0.2, -0.15) is 0 Å². The van der Waals surface area contributed by atoms with E-state index in [1.165, 1.54) is 16.4 Å². The number of para-hydroxylation sites is 1. The van der Waals surface area contributed by atoms with Gasteiger partial charge in [-0.15, -0.1) is 0 Å². The number of pyridine rings is 1. The van der Waals surface area contributed by atoms with E-state index in [4.69, 9.17) is 0 Å². The first-order valence-electron chi connectivity index (χ1n) is 9.89. The number of amides is 1. The minimum absolute atomic E-state index is 0.109. The number of sulfonamides is 1. The van der Waals surface area contributed by atoms with Crippen LogP contribution in [0.5, 0.6) is 0 Å². The van der Waals surface area contributed by atoms with E-state index in [2.05, 4.69) is 10.3 Å². The van der Waals surface area contributed by atoms with Crippen LogP contribution in [-0.4, -0.2) is 25.9 Å². The summed E-state index contributed by atoms with van der Waals surface area (Å²) in [6, 6.07) is 18.9. The Balaban J connectivity index is 1.60. The van der Waals surface area contributed by atoms with Gasteiger partial charge in [-0.1, -0.05) is 30.3 Å². The van der Waals surface area contributed by atoms with E-state index in [1.54, 1.807) is 18.3 Å². The van der Waals surface area contributed by atoms with Crippen molar-refractivity contribution in [3.63, 3.8) is 0 Å². The number of nitrogens with zero attached hydrogens (tertiary/aromatic N) is 2. The minimum atomic E-state index is -3.77. The molecule has 0 saturated heterocycles. The van der Waals surface area contributed by atoms with Crippen molar-refractivity contribution in [2.24, 2.45) is 0 Å². The fourth-order valence-electron chi connectivity index (χ4n) is 3.66. The summed E-state index contributed by atoms with van der Waals surface area (Å²) in [7, 11) is -3.77. The first kappa shape index (κ1) is 20.1. The van der Waals surface area contributed by atoms with E-state index in [0.29, 0.717) is 17.8 Å². The highest BCUT2D eigenvalue weighted by atomic mass is 32.2. The van der Waals surface area contributed by atoms with Crippen LogP contribution in [0.1, 0.15) is 41.0 Å². The Morgan fingerprint density at radius 2 is 1.87 bits per heavy atom. The zero-order valence-electron chi connectivity index (χ0n) is 16.7. The number of aryl methyl sites for hydroxylation is 1. The molecular formula is C23H23N3O3S. The van der Waals surface area contributed by atoms with E-state index in [-0.39, 0.29) is 16.8 Å². The summed E-state index contributed by atoms with van der Waals surface area (Å²) in [5.74, 6) is -0.343. The number of rotatable bonds is 5. The molecule has 4 rings (SSSR count). The van der Waals surface area contributed by atoms with Crippen molar-refractivity contribution in [3.05, 3.63) is 89.7 Å². The Labute approximate surface area is 176 Å². The summed E-state index contributed by atoms with van der Waals surface area (Å²) < 4.78 is 28.1. The smallest absolute Gasteiger partial charge is 0.264 e. The topological polar surface area (TPSA) is 79.4 Å². The van der Waals surface area contributed by atoms with Crippen LogP contribution in [-0.2, 0) is 16.4 Å². The van der Waals surface area contributed by atoms with Crippen LogP contribution in [0.15, 0.2) is 77.8 Å². The van der Waals surface area contributed by atoms with Gasteiger partial charge in [0.2, 0.25) is 0 Å². The molecule has 0 bridgehead atoms. The van der Waals surface area contributed by atoms with Crippen molar-refractivity contribution >= 4 is 21.6 Å². The highest BCUT2D eigenvalue weighted by Gasteiger charge is 2.29. The number of fused-ring (bicyclic) bond motifs is 1. The lowest BCUT2D eigenvalue weighted by Gasteiger charge is -2.30. The van der Waals surface area contributed by atoms with Crippen LogP contribution in [0.4, 0.5) is 5.69 Å². The number of hydrogen-bond donors (Lipinski definition) is 1. The van der Waals surface area contributed by atoms with Crippen molar-refractivity contribution in [2.75, 3.05) is 10.8 Å². The van der Waals surface area contributed by atoms with Crippen molar-refractivity contribution in [1.82, 2.24) is 10.3 Å². The lowest BCUT2D eigenvalue weighted by atomic mass is 10.0. The van der Waals surface area contributed by atoms with Crippen LogP contribution < -0.4 is 9.62 Å². The molecule has 2 heterocycles. The van der Waals surface area contributed by atoms with Crippen molar-refractivity contribution < 1.29 is 13.2 Å². The highest BCUT2D eigenvalue weighted by molar-refractivity contribution is 7.92. The molecule has 0 fully saturated rings. The van der Waals surface area contributed by atoms with Crippen LogP contribution in [0.25, 0.3) is 0 Å². The van der Waals surface area contributed by atoms with Gasteiger partial charge in [-0.05, 0) is 61.7 Å². The molecule has 1 N–H and O–H groups in total. The maximum atomic E-state index is 13.4. The van der Waals surface area contributed by atoms with Gasteiger partial charge in [0.05, 0.1) is 22.3 Å². The maximum absolute atomic E-state index is 13.4. The predicted molar refractivity (Wildman–Crippen MR) is 116 cm³/mol. The van der Waals surface area contributed by atoms with Crippen LogP contribution in [0, 0.1) is 0 Å². The first-order chi connectivity index (χ1) is 14.5. The molecule has 1 aliphatic heterocycles. The second-order valence-corrected chi connectivity index (χ2v) is 9.15. The molecule has 1 amide bonds. The van der Waals surface area contributed by atoms with Gasteiger partial charge >= 0.3 is 0 Å². The summed E-state index contributed by atoms with van der Waals surface area (Å²) >= 11 is 0. The largest absolute Gasteiger partial charge is 0.344 e. The second kappa shape index (κ2) is 8.28. The van der Waals surface area contributed by atoms with Gasteiger partial charge in [0, 0.05) is 18.3 Å². The van der Waals surface area contributed by atoms with Crippen molar-refractivity contribution in [1.29, 1.82) is 0 Å². The predicted octanol–water partition coefficient (Wildman–Crippen LogP) is 3.71. The number of nitrogens with one attached hydrogen (secondary N) is 1. The quantitative estimate of drug-likeness (QED) is 0.681. The van der Waals surface area contributed by atoms with E-state index < -0.39 is 10.0 Å². The lowest BCUT2D eigenvalue weighted by Crippen LogP contribution is -2.35. The van der Waals surface area contributed by atoms with Gasteiger partial charge in [-0.25, -0.2) is 8.42 Å². The molecule has 0 spiro atoms. The Bertz CT molecular complexity index is 1160. The molecule has 154 valence electrons. The molecule has 1 aliphatic rings. The third-order valence-corrected chi connectivity index (χ3v) is 7.04. The molecule has 7 heteroatoms. The molecule has 0 aliphatic carbocycles. The first-order valence-corrected chi connectivity index (χ1v) is 11.3. The third-order valence-electron chi connectivity index (χ3n) is 5.23. The Morgan fingerprint density at radius 1 is 1.07 bits per heavy atom. The van der Waals surface area contributed by atoms with Gasteiger partial charge in [0.1, 0.15) is 0 Å². The van der Waals surface area contributed by atoms with E-state index in [1.807, 2.05) is 49.4 Å². The summed E-state index contributed by atoms with van der Waals surface area (Å²) in [5, 5.41) is 2.88. The van der Waals surface area contributed by atoms with Crippen LogP contribution in [0.2, 0.25) is 0 Å². The standard InChI is InChI=1S/C23H23N3O3S/c1-17(21-12-4-5-14-24-21)25-23(27)19-9-6-11-20(16-19)30(28,29)26-15-7-10-18-8-2-3-13-22(18)26/h2-6,8-9,11-14,16-17H,7,10,15H2,1H3,(H,25,27). The molecule has 1 atom stereocenters. The van der Waals surface area contributed by atoms with Gasteiger partial charge in [0.15, 0.2) is 0 Å². The average Bonchev–Trinajstić information content (AvgIpc) is 2.79. The summed E-state index contributed by atoms with van der Waals surface area (Å²) in [6.45, 7) is 2.26. The monoisotopic (exact) mass is 421 g/mol. The van der Waals surface area contributed by atoms with Crippen molar-refractivity contribution in [2.45, 2.75) is 30.7 Å². The Morgan fingerprint density at radius 3 is 2.67 bits per heavy atom. The molecule has 0 saturated carbocycles. The maximum Gasteiger partial charge on any atom is 0.264 e. The summed E-state index contributed by atoms with van der Waals surface area (Å²) in [6.07, 6.45) is 3.29. The van der Waals surface area contributed by atoms with Crippen LogP contribution >= 0.6 is 0 Å². The number of anilines is 1. The number of benzene rings is 2. The third kappa shape index (κ3) is 3.93. The fourth-order valence-corrected chi connectivity index (χ4v) is 5.25. The number of hydrogen-bond acceptors (Lipinski definition) is 4. The molecule has 2 aromatic carbocycles. The normalized spacial score (nSPS) is 14.6. The number of aromatic nitrogens is 1. The number of carbonyl (C=O) groups is 1. The van der Waals surface area contributed by atoms with Gasteiger partial charge in [-0.3, -0.25) is 14.1 Å². The number of carbonyl (C=O) groups excluding carboxylic acids is 1. The lowest BCUT2D eigenvalue weighted by molar-refractivity contribution is 0.0939. The van der Waals surface area contributed by atoms with E-state index in [0.717, 1.165) is 24.1 Å². The minimum Gasteiger partial charge on any atom is -0.344 e.